The molecule has 1 amide bonds. The molecule has 4 heteroatoms. The lowest BCUT2D eigenvalue weighted by Crippen LogP contribution is -2.32. The molecule has 1 N–H and O–H groups in total. The van der Waals surface area contributed by atoms with Gasteiger partial charge in [0.05, 0.1) is 10.0 Å². The molecule has 0 heterocycles. The molecule has 1 aromatic carbocycles. The third-order valence-electron chi connectivity index (χ3n) is 3.62. The summed E-state index contributed by atoms with van der Waals surface area (Å²) < 4.78 is 0. The second-order valence-electron chi connectivity index (χ2n) is 5.87. The Morgan fingerprint density at radius 2 is 1.81 bits per heavy atom. The minimum absolute atomic E-state index is 0.114. The molecule has 0 aromatic heterocycles. The Balaban J connectivity index is 2.61. The Morgan fingerprint density at radius 1 is 1.19 bits per heavy atom. The maximum Gasteiger partial charge on any atom is 0.244 e. The van der Waals surface area contributed by atoms with Gasteiger partial charge in [0, 0.05) is 12.6 Å². The topological polar surface area (TPSA) is 29.1 Å². The molecule has 0 radical (unpaired) electrons. The fourth-order valence-electron chi connectivity index (χ4n) is 2.33. The van der Waals surface area contributed by atoms with Gasteiger partial charge in [-0.2, -0.15) is 0 Å². The molecular formula is C17H23Cl2NO. The SMILES string of the molecule is CC(C)C(CNC(=O)/C=C/c1cccc(Cl)c1Cl)C(C)C. The van der Waals surface area contributed by atoms with Crippen molar-refractivity contribution in [1.82, 2.24) is 5.32 Å². The monoisotopic (exact) mass is 327 g/mol. The molecule has 1 aromatic rings. The summed E-state index contributed by atoms with van der Waals surface area (Å²) >= 11 is 12.0. The average molecular weight is 328 g/mol. The second-order valence-corrected chi connectivity index (χ2v) is 6.66. The number of benzene rings is 1. The highest BCUT2D eigenvalue weighted by molar-refractivity contribution is 6.42. The molecule has 0 unspecified atom stereocenters. The van der Waals surface area contributed by atoms with E-state index in [9.17, 15) is 4.79 Å². The first-order valence-electron chi connectivity index (χ1n) is 7.22. The largest absolute Gasteiger partial charge is 0.352 e. The predicted octanol–water partition coefficient (Wildman–Crippen LogP) is 5.05. The summed E-state index contributed by atoms with van der Waals surface area (Å²) in [5, 5.41) is 3.90. The van der Waals surface area contributed by atoms with Crippen molar-refractivity contribution < 1.29 is 4.79 Å². The standard InChI is InChI=1S/C17H23Cl2NO/c1-11(2)14(12(3)4)10-20-16(21)9-8-13-6-5-7-15(18)17(13)19/h5-9,11-12,14H,10H2,1-4H3,(H,20,21)/b9-8+. The number of amides is 1. The fraction of sp³-hybridized carbons (Fsp3) is 0.471. The van der Waals surface area contributed by atoms with E-state index < -0.39 is 0 Å². The van der Waals surface area contributed by atoms with E-state index >= 15 is 0 Å². The molecule has 0 spiro atoms. The highest BCUT2D eigenvalue weighted by atomic mass is 35.5. The smallest absolute Gasteiger partial charge is 0.244 e. The number of carbonyl (C=O) groups is 1. The third kappa shape index (κ3) is 5.72. The van der Waals surface area contributed by atoms with Gasteiger partial charge < -0.3 is 5.32 Å². The molecule has 0 bridgehead atoms. The van der Waals surface area contributed by atoms with Crippen LogP contribution in [0.1, 0.15) is 33.3 Å². The van der Waals surface area contributed by atoms with Gasteiger partial charge in [0.25, 0.3) is 0 Å². The molecule has 116 valence electrons. The fourth-order valence-corrected chi connectivity index (χ4v) is 2.70. The van der Waals surface area contributed by atoms with Crippen molar-refractivity contribution in [3.63, 3.8) is 0 Å². The Labute approximate surface area is 137 Å². The van der Waals surface area contributed by atoms with Crippen molar-refractivity contribution in [2.75, 3.05) is 6.54 Å². The zero-order valence-corrected chi connectivity index (χ0v) is 14.5. The van der Waals surface area contributed by atoms with Gasteiger partial charge in [0.15, 0.2) is 0 Å². The highest BCUT2D eigenvalue weighted by Crippen LogP contribution is 2.26. The van der Waals surface area contributed by atoms with E-state index in [4.69, 9.17) is 23.2 Å². The van der Waals surface area contributed by atoms with Crippen molar-refractivity contribution >= 4 is 35.2 Å². The number of rotatable bonds is 6. The summed E-state index contributed by atoms with van der Waals surface area (Å²) in [7, 11) is 0. The zero-order chi connectivity index (χ0) is 16.0. The number of nitrogens with one attached hydrogen (secondary N) is 1. The van der Waals surface area contributed by atoms with Crippen molar-refractivity contribution in [2.45, 2.75) is 27.7 Å². The van der Waals surface area contributed by atoms with Crippen LogP contribution in [0, 0.1) is 17.8 Å². The Hall–Kier alpha value is -0.990. The molecule has 0 aliphatic carbocycles. The Morgan fingerprint density at radius 3 is 2.38 bits per heavy atom. The number of halogens is 2. The van der Waals surface area contributed by atoms with Gasteiger partial charge in [-0.1, -0.05) is 63.0 Å². The van der Waals surface area contributed by atoms with Crippen LogP contribution in [-0.4, -0.2) is 12.5 Å². The average Bonchev–Trinajstić information content (AvgIpc) is 2.39. The second kappa shape index (κ2) is 8.45. The zero-order valence-electron chi connectivity index (χ0n) is 13.0. The first kappa shape index (κ1) is 18.1. The summed E-state index contributed by atoms with van der Waals surface area (Å²) in [5.41, 5.74) is 0.739. The summed E-state index contributed by atoms with van der Waals surface area (Å²) in [4.78, 5) is 11.9. The van der Waals surface area contributed by atoms with Crippen LogP contribution in [0.25, 0.3) is 6.08 Å². The summed E-state index contributed by atoms with van der Waals surface area (Å²) in [6.07, 6.45) is 3.18. The minimum atomic E-state index is -0.114. The van der Waals surface area contributed by atoms with Crippen LogP contribution in [0.15, 0.2) is 24.3 Å². The van der Waals surface area contributed by atoms with Gasteiger partial charge in [-0.05, 0) is 35.5 Å². The first-order chi connectivity index (χ1) is 9.82. The molecule has 0 saturated carbocycles. The molecule has 0 aliphatic heterocycles. The lowest BCUT2D eigenvalue weighted by Gasteiger charge is -2.24. The normalized spacial score (nSPS) is 11.9. The third-order valence-corrected chi connectivity index (χ3v) is 4.45. The van der Waals surface area contributed by atoms with Crippen molar-refractivity contribution in [3.8, 4) is 0 Å². The quantitative estimate of drug-likeness (QED) is 0.727. The Kier molecular flexibility index (Phi) is 7.27. The van der Waals surface area contributed by atoms with E-state index in [2.05, 4.69) is 33.0 Å². The van der Waals surface area contributed by atoms with Crippen LogP contribution in [0.5, 0.6) is 0 Å². The van der Waals surface area contributed by atoms with Crippen LogP contribution in [-0.2, 0) is 4.79 Å². The van der Waals surface area contributed by atoms with Crippen molar-refractivity contribution in [1.29, 1.82) is 0 Å². The molecule has 0 fully saturated rings. The van der Waals surface area contributed by atoms with Gasteiger partial charge in [-0.25, -0.2) is 0 Å². The van der Waals surface area contributed by atoms with Crippen molar-refractivity contribution in [3.05, 3.63) is 39.9 Å². The predicted molar refractivity (Wildman–Crippen MR) is 91.7 cm³/mol. The summed E-state index contributed by atoms with van der Waals surface area (Å²) in [6.45, 7) is 9.40. The molecule has 0 aliphatic rings. The van der Waals surface area contributed by atoms with E-state index in [1.165, 1.54) is 6.08 Å². The highest BCUT2D eigenvalue weighted by Gasteiger charge is 2.17. The molecule has 1 rings (SSSR count). The van der Waals surface area contributed by atoms with Crippen molar-refractivity contribution in [2.24, 2.45) is 17.8 Å². The summed E-state index contributed by atoms with van der Waals surface area (Å²) in [6, 6.07) is 5.35. The number of hydrogen-bond acceptors (Lipinski definition) is 1. The lowest BCUT2D eigenvalue weighted by atomic mass is 9.85. The lowest BCUT2D eigenvalue weighted by molar-refractivity contribution is -0.116. The van der Waals surface area contributed by atoms with E-state index in [0.717, 1.165) is 5.56 Å². The molecular weight excluding hydrogens is 305 g/mol. The van der Waals surface area contributed by atoms with E-state index in [0.29, 0.717) is 34.3 Å². The van der Waals surface area contributed by atoms with Gasteiger partial charge in [-0.15, -0.1) is 0 Å². The van der Waals surface area contributed by atoms with Gasteiger partial charge in [0.2, 0.25) is 5.91 Å². The summed E-state index contributed by atoms with van der Waals surface area (Å²) in [5.74, 6) is 1.43. The minimum Gasteiger partial charge on any atom is -0.352 e. The molecule has 21 heavy (non-hydrogen) atoms. The van der Waals surface area contributed by atoms with Gasteiger partial charge in [0.1, 0.15) is 0 Å². The van der Waals surface area contributed by atoms with Crippen LogP contribution in [0.3, 0.4) is 0 Å². The van der Waals surface area contributed by atoms with Crippen LogP contribution >= 0.6 is 23.2 Å². The van der Waals surface area contributed by atoms with Crippen LogP contribution < -0.4 is 5.32 Å². The molecule has 0 saturated heterocycles. The van der Waals surface area contributed by atoms with Gasteiger partial charge in [-0.3, -0.25) is 4.79 Å². The van der Waals surface area contributed by atoms with Crippen LogP contribution in [0.4, 0.5) is 0 Å². The number of carbonyl (C=O) groups excluding carboxylic acids is 1. The number of hydrogen-bond donors (Lipinski definition) is 1. The molecule has 0 atom stereocenters. The maximum absolute atomic E-state index is 11.9. The molecule has 2 nitrogen and oxygen atoms in total. The van der Waals surface area contributed by atoms with E-state index in [-0.39, 0.29) is 5.91 Å². The van der Waals surface area contributed by atoms with E-state index in [1.807, 2.05) is 6.07 Å². The van der Waals surface area contributed by atoms with Gasteiger partial charge >= 0.3 is 0 Å². The maximum atomic E-state index is 11.9. The van der Waals surface area contributed by atoms with Crippen LogP contribution in [0.2, 0.25) is 10.0 Å². The van der Waals surface area contributed by atoms with E-state index in [1.54, 1.807) is 18.2 Å². The Bertz CT molecular complexity index is 502. The first-order valence-corrected chi connectivity index (χ1v) is 7.98.